The number of carboxylic acids is 3. The first kappa shape index (κ1) is 34.0. The van der Waals surface area contributed by atoms with E-state index in [1.165, 1.54) is 17.0 Å². The van der Waals surface area contributed by atoms with Gasteiger partial charge in [0.05, 0.1) is 13.1 Å². The fourth-order valence-corrected chi connectivity index (χ4v) is 4.41. The van der Waals surface area contributed by atoms with Crippen LogP contribution in [0.25, 0.3) is 0 Å². The molecule has 12 nitrogen and oxygen atoms in total. The number of rotatable bonds is 17. The SMILES string of the molecule is CC(C)(C)NC(=O)CCc1ccc(O)c(CN(CCN(CC(=O)O)Cc2cc(CCC(=O)O)ccc2O)CC(=O)O)c1. The van der Waals surface area contributed by atoms with Crippen molar-refractivity contribution in [1.29, 1.82) is 0 Å². The van der Waals surface area contributed by atoms with Crippen molar-refractivity contribution in [2.75, 3.05) is 26.2 Å². The second kappa shape index (κ2) is 15.7. The maximum atomic E-state index is 12.2. The molecular formula is C30H41N3O9. The molecule has 230 valence electrons. The molecule has 0 spiro atoms. The van der Waals surface area contributed by atoms with Gasteiger partial charge < -0.3 is 30.8 Å². The molecule has 0 unspecified atom stereocenters. The number of aromatic hydroxyl groups is 2. The van der Waals surface area contributed by atoms with Crippen molar-refractivity contribution in [3.05, 3.63) is 58.7 Å². The molecule has 0 aliphatic heterocycles. The topological polar surface area (TPSA) is 188 Å². The summed E-state index contributed by atoms with van der Waals surface area (Å²) in [6.07, 6.45) is 0.827. The molecule has 42 heavy (non-hydrogen) atoms. The number of amides is 1. The fourth-order valence-electron chi connectivity index (χ4n) is 4.41. The van der Waals surface area contributed by atoms with Gasteiger partial charge in [0.2, 0.25) is 5.91 Å². The molecule has 0 bridgehead atoms. The largest absolute Gasteiger partial charge is 0.508 e. The normalized spacial score (nSPS) is 11.5. The molecule has 6 N–H and O–H groups in total. The van der Waals surface area contributed by atoms with Gasteiger partial charge in [-0.1, -0.05) is 24.3 Å². The average molecular weight is 588 g/mol. The molecule has 2 aromatic carbocycles. The first-order chi connectivity index (χ1) is 19.6. The number of carboxylic acid groups (broad SMARTS) is 3. The summed E-state index contributed by atoms with van der Waals surface area (Å²) >= 11 is 0. The number of phenols is 2. The van der Waals surface area contributed by atoms with Crippen LogP contribution >= 0.6 is 0 Å². The summed E-state index contributed by atoms with van der Waals surface area (Å²) in [5.41, 5.74) is 2.01. The number of aliphatic carboxylic acids is 3. The van der Waals surface area contributed by atoms with E-state index in [4.69, 9.17) is 5.11 Å². The summed E-state index contributed by atoms with van der Waals surface area (Å²) in [5, 5.41) is 51.6. The zero-order chi connectivity index (χ0) is 31.4. The zero-order valence-electron chi connectivity index (χ0n) is 24.3. The van der Waals surface area contributed by atoms with Crippen molar-refractivity contribution in [3.63, 3.8) is 0 Å². The van der Waals surface area contributed by atoms with Gasteiger partial charge in [-0.25, -0.2) is 0 Å². The lowest BCUT2D eigenvalue weighted by Crippen LogP contribution is -2.40. The lowest BCUT2D eigenvalue weighted by Gasteiger charge is -2.26. The molecule has 0 aliphatic carbocycles. The van der Waals surface area contributed by atoms with E-state index < -0.39 is 17.9 Å². The molecule has 0 fully saturated rings. The van der Waals surface area contributed by atoms with E-state index in [2.05, 4.69) is 5.32 Å². The Morgan fingerprint density at radius 2 is 1.12 bits per heavy atom. The maximum Gasteiger partial charge on any atom is 0.317 e. The van der Waals surface area contributed by atoms with Crippen molar-refractivity contribution in [3.8, 4) is 11.5 Å². The number of aryl methyl sites for hydroxylation is 2. The van der Waals surface area contributed by atoms with E-state index in [-0.39, 0.29) is 81.5 Å². The molecule has 0 radical (unpaired) electrons. The number of nitrogens with one attached hydrogen (secondary N) is 1. The van der Waals surface area contributed by atoms with Crippen molar-refractivity contribution in [1.82, 2.24) is 15.1 Å². The predicted molar refractivity (Wildman–Crippen MR) is 154 cm³/mol. The summed E-state index contributed by atoms with van der Waals surface area (Å²) in [6, 6.07) is 9.61. The molecule has 2 aromatic rings. The minimum atomic E-state index is -1.11. The van der Waals surface area contributed by atoms with Gasteiger partial charge in [-0.2, -0.15) is 0 Å². The molecular weight excluding hydrogens is 546 g/mol. The van der Waals surface area contributed by atoms with Gasteiger partial charge in [0.25, 0.3) is 0 Å². The number of benzene rings is 2. The van der Waals surface area contributed by atoms with Gasteiger partial charge in [-0.15, -0.1) is 0 Å². The predicted octanol–water partition coefficient (Wildman–Crippen LogP) is 2.44. The number of nitrogens with zero attached hydrogens (tertiary/aromatic N) is 2. The second-order valence-corrected chi connectivity index (χ2v) is 11.3. The van der Waals surface area contributed by atoms with Gasteiger partial charge in [-0.3, -0.25) is 29.0 Å². The van der Waals surface area contributed by atoms with Crippen LogP contribution in [0, 0.1) is 0 Å². The highest BCUT2D eigenvalue weighted by atomic mass is 16.4. The average Bonchev–Trinajstić information content (AvgIpc) is 2.86. The highest BCUT2D eigenvalue weighted by Crippen LogP contribution is 2.23. The molecule has 0 aromatic heterocycles. The van der Waals surface area contributed by atoms with Crippen molar-refractivity contribution >= 4 is 23.8 Å². The molecule has 0 aliphatic rings. The number of hydrogen-bond donors (Lipinski definition) is 6. The first-order valence-electron chi connectivity index (χ1n) is 13.6. The van der Waals surface area contributed by atoms with Gasteiger partial charge in [0, 0.05) is 55.7 Å². The van der Waals surface area contributed by atoms with Crippen LogP contribution in [-0.4, -0.2) is 90.9 Å². The third-order valence-electron chi connectivity index (χ3n) is 6.31. The van der Waals surface area contributed by atoms with E-state index in [9.17, 15) is 39.6 Å². The Morgan fingerprint density at radius 3 is 1.50 bits per heavy atom. The molecule has 0 saturated heterocycles. The summed E-state index contributed by atoms with van der Waals surface area (Å²) < 4.78 is 0. The van der Waals surface area contributed by atoms with Crippen LogP contribution in [0.2, 0.25) is 0 Å². The Kier molecular flexibility index (Phi) is 12.8. The van der Waals surface area contributed by atoms with E-state index >= 15 is 0 Å². The molecule has 1 amide bonds. The number of carbonyl (C=O) groups excluding carboxylic acids is 1. The van der Waals surface area contributed by atoms with Gasteiger partial charge in [-0.05, 0) is 56.9 Å². The van der Waals surface area contributed by atoms with Crippen LogP contribution in [0.3, 0.4) is 0 Å². The van der Waals surface area contributed by atoms with E-state index in [0.717, 1.165) is 5.56 Å². The zero-order valence-corrected chi connectivity index (χ0v) is 24.3. The Morgan fingerprint density at radius 1 is 0.690 bits per heavy atom. The second-order valence-electron chi connectivity index (χ2n) is 11.3. The summed E-state index contributed by atoms with van der Waals surface area (Å²) in [7, 11) is 0. The molecule has 0 saturated carbocycles. The molecule has 12 heteroatoms. The number of hydrogen-bond acceptors (Lipinski definition) is 8. The van der Waals surface area contributed by atoms with Crippen LogP contribution in [0.1, 0.15) is 55.9 Å². The fraction of sp³-hybridized carbons (Fsp3) is 0.467. The van der Waals surface area contributed by atoms with Crippen LogP contribution < -0.4 is 5.32 Å². The Bertz CT molecular complexity index is 1260. The van der Waals surface area contributed by atoms with Gasteiger partial charge in [0.15, 0.2) is 0 Å². The lowest BCUT2D eigenvalue weighted by molar-refractivity contribution is -0.140. The Balaban J connectivity index is 2.15. The van der Waals surface area contributed by atoms with Gasteiger partial charge in [0.1, 0.15) is 11.5 Å². The third kappa shape index (κ3) is 13.0. The quantitative estimate of drug-likeness (QED) is 0.159. The molecule has 0 atom stereocenters. The first-order valence-corrected chi connectivity index (χ1v) is 13.6. The highest BCUT2D eigenvalue weighted by molar-refractivity contribution is 5.77. The monoisotopic (exact) mass is 587 g/mol. The Labute approximate surface area is 245 Å². The Hall–Kier alpha value is -4.16. The highest BCUT2D eigenvalue weighted by Gasteiger charge is 2.19. The van der Waals surface area contributed by atoms with Gasteiger partial charge >= 0.3 is 17.9 Å². The minimum Gasteiger partial charge on any atom is -0.508 e. The third-order valence-corrected chi connectivity index (χ3v) is 6.31. The van der Waals surface area contributed by atoms with E-state index in [0.29, 0.717) is 23.1 Å². The summed E-state index contributed by atoms with van der Waals surface area (Å²) in [6.45, 7) is 5.30. The van der Waals surface area contributed by atoms with Crippen LogP contribution in [0.4, 0.5) is 0 Å². The molecule has 0 heterocycles. The van der Waals surface area contributed by atoms with E-state index in [1.807, 2.05) is 20.8 Å². The van der Waals surface area contributed by atoms with Crippen molar-refractivity contribution in [2.45, 2.75) is 65.1 Å². The van der Waals surface area contributed by atoms with Crippen LogP contribution in [-0.2, 0) is 45.1 Å². The van der Waals surface area contributed by atoms with E-state index in [1.54, 1.807) is 29.2 Å². The smallest absolute Gasteiger partial charge is 0.317 e. The van der Waals surface area contributed by atoms with Crippen LogP contribution in [0.15, 0.2) is 36.4 Å². The maximum absolute atomic E-state index is 12.2. The summed E-state index contributed by atoms with van der Waals surface area (Å²) in [4.78, 5) is 49.4. The molecule has 2 rings (SSSR count). The van der Waals surface area contributed by atoms with Crippen molar-refractivity contribution < 1.29 is 44.7 Å². The number of phenolic OH excluding ortho intramolecular Hbond substituents is 2. The number of carbonyl (C=O) groups is 4. The van der Waals surface area contributed by atoms with Crippen molar-refractivity contribution in [2.24, 2.45) is 0 Å². The van der Waals surface area contributed by atoms with Crippen LogP contribution in [0.5, 0.6) is 11.5 Å². The standard InChI is InChI=1S/C30H41N3O9/c1-30(2,3)31-26(36)10-6-20-4-8-24(34)22(14-20)16-32(18-28(39)40)12-13-33(19-29(41)42)17-23-15-21(5-9-25(23)35)7-11-27(37)38/h4-5,8-9,14-15,34-35H,6-7,10-13,16-19H2,1-3H3,(H,31,36)(H,37,38)(H,39,40)(H,41,42). The summed E-state index contributed by atoms with van der Waals surface area (Å²) in [5.74, 6) is -3.37. The minimum absolute atomic E-state index is 0.0289. The lowest BCUT2D eigenvalue weighted by atomic mass is 10.0.